The first-order valence-electron chi connectivity index (χ1n) is 14.7. The van der Waals surface area contributed by atoms with Gasteiger partial charge in [-0.15, -0.1) is 0 Å². The van der Waals surface area contributed by atoms with E-state index in [2.05, 4.69) is 30.8 Å². The van der Waals surface area contributed by atoms with Crippen LogP contribution in [-0.2, 0) is 40.5 Å². The van der Waals surface area contributed by atoms with E-state index in [-0.39, 0.29) is 34.0 Å². The van der Waals surface area contributed by atoms with Gasteiger partial charge in [-0.1, -0.05) is 18.2 Å². The second-order valence-corrected chi connectivity index (χ2v) is 17.3. The number of hydrogen-bond acceptors (Lipinski definition) is 16. The number of carbonyl (C=O) groups is 1. The van der Waals surface area contributed by atoms with Gasteiger partial charge in [-0.3, -0.25) is 28.4 Å². The summed E-state index contributed by atoms with van der Waals surface area (Å²) in [6.45, 7) is 0. The summed E-state index contributed by atoms with van der Waals surface area (Å²) in [5.41, 5.74) is 0.971. The molecule has 0 radical (unpaired) electrons. The molecule has 25 heteroatoms. The average molecular weight is 852 g/mol. The van der Waals surface area contributed by atoms with Gasteiger partial charge in [-0.2, -0.15) is 53.7 Å². The summed E-state index contributed by atoms with van der Waals surface area (Å²) >= 11 is 6.14. The molecule has 5 aromatic rings. The number of aromatic nitrogens is 3. The lowest BCUT2D eigenvalue weighted by atomic mass is 9.94. The van der Waals surface area contributed by atoms with Gasteiger partial charge in [0.1, 0.15) is 14.7 Å². The smallest absolute Gasteiger partial charge is 0.296 e. The molecule has 1 heterocycles. The first kappa shape index (κ1) is 39.3. The minimum atomic E-state index is -5.29. The predicted octanol–water partition coefficient (Wildman–Crippen LogP) is 3.82. The number of anilines is 5. The standard InChI is InChI=1S/C30H22ClN7O13S4/c1-38(18-5-3-2-4-6-18)30-34-28(31)33-29(35-30)32-17-7-8-20-15(9-17)12-25(55(49,50)51)26(27(20)39)37-36-22-14-21-16(11-24(22)54(46,47)48)10-19(52(40,41)42)13-23(21)53(43,44)45/h2-14,36H,1H3,(H,40,41,42)(H,43,44,45)(H,46,47,48)(H,49,50,51)(H,32,33,34,35). The number of nitrogens with zero attached hydrogens (tertiary/aromatic N) is 5. The van der Waals surface area contributed by atoms with Crippen LogP contribution in [0.4, 0.5) is 29.0 Å². The topological polar surface area (TPSA) is 313 Å². The molecule has 0 fully saturated rings. The molecule has 0 spiro atoms. The fraction of sp³-hybridized carbons (Fsp3) is 0.0333. The highest BCUT2D eigenvalue weighted by Gasteiger charge is 2.33. The number of halogens is 1. The SMILES string of the molecule is CN(c1ccccc1)c1nc(Cl)nc(Nc2ccc3c(c2)C=C(S(=O)(=O)O)C(=NNc2cc4c(S(=O)(=O)O)cc(S(=O)(=O)O)cc4cc2S(=O)(=O)O)C3=O)n1. The van der Waals surface area contributed by atoms with Gasteiger partial charge in [0.25, 0.3) is 40.5 Å². The molecule has 55 heavy (non-hydrogen) atoms. The molecule has 0 amide bonds. The van der Waals surface area contributed by atoms with Gasteiger partial charge in [0.2, 0.25) is 23.0 Å². The Morgan fingerprint density at radius 2 is 1.42 bits per heavy atom. The van der Waals surface area contributed by atoms with E-state index in [1.165, 1.54) is 18.2 Å². The summed E-state index contributed by atoms with van der Waals surface area (Å²) in [4.78, 5) is 23.4. The highest BCUT2D eigenvalue weighted by atomic mass is 35.5. The molecule has 286 valence electrons. The normalized spacial score (nSPS) is 14.4. The van der Waals surface area contributed by atoms with E-state index in [0.29, 0.717) is 24.3 Å². The molecule has 0 saturated heterocycles. The predicted molar refractivity (Wildman–Crippen MR) is 197 cm³/mol. The van der Waals surface area contributed by atoms with Crippen molar-refractivity contribution in [3.05, 3.63) is 94.1 Å². The average Bonchev–Trinajstić information content (AvgIpc) is 3.08. The molecule has 20 nitrogen and oxygen atoms in total. The zero-order valence-electron chi connectivity index (χ0n) is 27.2. The molecule has 6 rings (SSSR count). The van der Waals surface area contributed by atoms with Crippen molar-refractivity contribution in [2.45, 2.75) is 14.7 Å². The van der Waals surface area contributed by atoms with E-state index < -0.39 is 88.0 Å². The lowest BCUT2D eigenvalue weighted by molar-refractivity contribution is 0.106. The summed E-state index contributed by atoms with van der Waals surface area (Å²) in [5.74, 6) is -1.00. The highest BCUT2D eigenvalue weighted by Crippen LogP contribution is 2.35. The molecule has 6 N–H and O–H groups in total. The number of hydrogen-bond donors (Lipinski definition) is 6. The van der Waals surface area contributed by atoms with E-state index in [9.17, 15) is 56.7 Å². The van der Waals surface area contributed by atoms with E-state index in [4.69, 9.17) is 11.6 Å². The summed E-state index contributed by atoms with van der Waals surface area (Å²) < 4.78 is 137. The lowest BCUT2D eigenvalue weighted by Gasteiger charge is -2.19. The van der Waals surface area contributed by atoms with Gasteiger partial charge < -0.3 is 10.2 Å². The number of Topliss-reactive ketones (excluding diaryl/α,β-unsaturated/α-hetero) is 1. The van der Waals surface area contributed by atoms with Crippen LogP contribution in [-0.4, -0.2) is 85.4 Å². The van der Waals surface area contributed by atoms with Crippen LogP contribution in [0.3, 0.4) is 0 Å². The lowest BCUT2D eigenvalue weighted by Crippen LogP contribution is -2.27. The van der Waals surface area contributed by atoms with Crippen LogP contribution in [0.2, 0.25) is 5.28 Å². The number of para-hydroxylation sites is 1. The van der Waals surface area contributed by atoms with E-state index in [0.717, 1.165) is 11.8 Å². The molecule has 0 bridgehead atoms. The van der Waals surface area contributed by atoms with Gasteiger partial charge in [-0.05, 0) is 83.2 Å². The van der Waals surface area contributed by atoms with Gasteiger partial charge in [-0.25, -0.2) is 0 Å². The Labute approximate surface area is 316 Å². The first-order valence-corrected chi connectivity index (χ1v) is 20.9. The van der Waals surface area contributed by atoms with Gasteiger partial charge >= 0.3 is 0 Å². The Morgan fingerprint density at radius 3 is 2.04 bits per heavy atom. The maximum atomic E-state index is 13.7. The summed E-state index contributed by atoms with van der Waals surface area (Å²) in [5, 5.41) is 5.27. The zero-order valence-corrected chi connectivity index (χ0v) is 31.2. The maximum absolute atomic E-state index is 13.7. The number of nitrogens with one attached hydrogen (secondary N) is 2. The van der Waals surface area contributed by atoms with Crippen molar-refractivity contribution in [2.24, 2.45) is 5.10 Å². The van der Waals surface area contributed by atoms with Crippen molar-refractivity contribution in [3.63, 3.8) is 0 Å². The van der Waals surface area contributed by atoms with Crippen molar-refractivity contribution in [1.82, 2.24) is 15.0 Å². The molecule has 1 aliphatic rings. The maximum Gasteiger partial charge on any atom is 0.296 e. The summed E-state index contributed by atoms with van der Waals surface area (Å²) in [6.07, 6.45) is 0.865. The van der Waals surface area contributed by atoms with Gasteiger partial charge in [0.15, 0.2) is 5.71 Å². The van der Waals surface area contributed by atoms with Crippen molar-refractivity contribution >= 4 is 109 Å². The van der Waals surface area contributed by atoms with Gasteiger partial charge in [0.05, 0.1) is 10.6 Å². The molecular formula is C30H22ClN7O13S4. The molecule has 1 aromatic heterocycles. The molecule has 1 aliphatic carbocycles. The summed E-state index contributed by atoms with van der Waals surface area (Å²) in [7, 11) is -19.3. The largest absolute Gasteiger partial charge is 0.324 e. The molecule has 4 aromatic carbocycles. The van der Waals surface area contributed by atoms with Crippen LogP contribution in [0.25, 0.3) is 16.8 Å². The van der Waals surface area contributed by atoms with E-state index in [1.54, 1.807) is 36.2 Å². The summed E-state index contributed by atoms with van der Waals surface area (Å²) in [6, 6.07) is 15.2. The Kier molecular flexibility index (Phi) is 10.00. The minimum absolute atomic E-state index is 0.0401. The number of benzene rings is 4. The van der Waals surface area contributed by atoms with Crippen molar-refractivity contribution in [2.75, 3.05) is 22.7 Å². The Morgan fingerprint density at radius 1 is 0.745 bits per heavy atom. The van der Waals surface area contributed by atoms with E-state index in [1.807, 2.05) is 6.07 Å². The molecule has 0 atom stereocenters. The molecule has 0 unspecified atom stereocenters. The molecule has 0 aliphatic heterocycles. The fourth-order valence-corrected chi connectivity index (χ4v) is 8.09. The second-order valence-electron chi connectivity index (χ2n) is 11.4. The van der Waals surface area contributed by atoms with Crippen molar-refractivity contribution in [1.29, 1.82) is 0 Å². The zero-order chi connectivity index (χ0) is 40.2. The van der Waals surface area contributed by atoms with Crippen molar-refractivity contribution in [3.8, 4) is 0 Å². The minimum Gasteiger partial charge on any atom is -0.324 e. The second kappa shape index (κ2) is 14.0. The number of allylic oxidation sites excluding steroid dienone is 1. The third-order valence-corrected chi connectivity index (χ3v) is 11.4. The van der Waals surface area contributed by atoms with Crippen LogP contribution in [0.15, 0.2) is 97.5 Å². The van der Waals surface area contributed by atoms with Crippen LogP contribution >= 0.6 is 11.6 Å². The monoisotopic (exact) mass is 851 g/mol. The van der Waals surface area contributed by atoms with Crippen molar-refractivity contribution < 1.29 is 56.7 Å². The Balaban J connectivity index is 1.41. The fourth-order valence-electron chi connectivity index (χ4n) is 5.27. The quantitative estimate of drug-likeness (QED) is 0.0859. The number of ketones is 1. The molecule has 0 saturated carbocycles. The first-order chi connectivity index (χ1) is 25.5. The third kappa shape index (κ3) is 8.31. The Hall–Kier alpha value is -5.44. The Bertz CT molecular complexity index is 2980. The number of fused-ring (bicyclic) bond motifs is 2. The number of carbonyl (C=O) groups excluding carboxylic acids is 1. The highest BCUT2D eigenvalue weighted by molar-refractivity contribution is 7.91. The van der Waals surface area contributed by atoms with Crippen LogP contribution in [0, 0.1) is 0 Å². The van der Waals surface area contributed by atoms with Crippen LogP contribution in [0.1, 0.15) is 15.9 Å². The molecular weight excluding hydrogens is 830 g/mol. The third-order valence-electron chi connectivity index (χ3n) is 7.74. The van der Waals surface area contributed by atoms with Crippen LogP contribution < -0.4 is 15.6 Å². The van der Waals surface area contributed by atoms with Crippen LogP contribution in [0.5, 0.6) is 0 Å². The number of hydrazone groups is 1. The van der Waals surface area contributed by atoms with E-state index >= 15 is 0 Å². The van der Waals surface area contributed by atoms with Gasteiger partial charge in [0, 0.05) is 29.4 Å². The number of rotatable bonds is 10.